The van der Waals surface area contributed by atoms with Crippen LogP contribution in [0, 0.1) is 16.0 Å². The number of hydrogen-bond acceptors (Lipinski definition) is 8. The van der Waals surface area contributed by atoms with Crippen LogP contribution in [-0.2, 0) is 21.4 Å². The van der Waals surface area contributed by atoms with E-state index < -0.39 is 21.0 Å². The minimum absolute atomic E-state index is 0.0192. The summed E-state index contributed by atoms with van der Waals surface area (Å²) in [6.07, 6.45) is 0.549. The Morgan fingerprint density at radius 1 is 1.17 bits per heavy atom. The predicted molar refractivity (Wildman–Crippen MR) is 103 cm³/mol. The van der Waals surface area contributed by atoms with Crippen molar-refractivity contribution < 1.29 is 32.7 Å². The average molecular weight is 423 g/mol. The third-order valence-electron chi connectivity index (χ3n) is 4.87. The number of rotatable bonds is 9. The van der Waals surface area contributed by atoms with Gasteiger partial charge < -0.3 is 19.2 Å². The average Bonchev–Trinajstić information content (AvgIpc) is 3.05. The first kappa shape index (κ1) is 20.9. The van der Waals surface area contributed by atoms with Gasteiger partial charge in [-0.05, 0) is 48.1 Å². The van der Waals surface area contributed by atoms with Crippen molar-refractivity contribution in [3.05, 3.63) is 69.3 Å². The van der Waals surface area contributed by atoms with Crippen molar-refractivity contribution in [2.75, 3.05) is 19.0 Å². The van der Waals surface area contributed by atoms with Gasteiger partial charge in [-0.1, -0.05) is 24.3 Å². The Morgan fingerprint density at radius 2 is 1.93 bits per heavy atom. The molecule has 0 spiro atoms. The molecule has 2 N–H and O–H groups in total. The Labute approximate surface area is 167 Å². The highest BCUT2D eigenvalue weighted by molar-refractivity contribution is 7.87. The highest BCUT2D eigenvalue weighted by Gasteiger charge is 2.34. The van der Waals surface area contributed by atoms with E-state index in [0.29, 0.717) is 12.0 Å². The Morgan fingerprint density at radius 3 is 2.66 bits per heavy atom. The number of fused-ring (bicyclic) bond motifs is 1. The minimum atomic E-state index is -4.00. The molecule has 3 rings (SSSR count). The van der Waals surface area contributed by atoms with E-state index in [2.05, 4.69) is 4.84 Å². The standard InChI is InChI=1S/C19H21NO8S/c21-12-14-10-13-4-1-2-5-16(13)19(14)17-11-15(6-7-18(17)22)28-29(25,26)9-3-8-27-20(23)24/h1-2,4-7,11,14,19,21-22H,3,8-10,12H2/t14-,19?/m0/s1. The molecule has 156 valence electrons. The van der Waals surface area contributed by atoms with E-state index in [1.807, 2.05) is 24.3 Å². The molecule has 0 fully saturated rings. The van der Waals surface area contributed by atoms with Gasteiger partial charge in [0, 0.05) is 18.1 Å². The molecule has 9 nitrogen and oxygen atoms in total. The zero-order valence-electron chi connectivity index (χ0n) is 15.4. The van der Waals surface area contributed by atoms with Crippen LogP contribution in [0.2, 0.25) is 0 Å². The van der Waals surface area contributed by atoms with E-state index in [9.17, 15) is 28.7 Å². The number of phenols is 1. The van der Waals surface area contributed by atoms with Crippen LogP contribution in [0.1, 0.15) is 29.0 Å². The van der Waals surface area contributed by atoms with E-state index in [0.717, 1.165) is 11.1 Å². The normalized spacial score (nSPS) is 18.2. The van der Waals surface area contributed by atoms with Crippen molar-refractivity contribution in [1.29, 1.82) is 0 Å². The number of aromatic hydroxyl groups is 1. The van der Waals surface area contributed by atoms with Crippen LogP contribution in [0.5, 0.6) is 11.5 Å². The molecule has 0 saturated heterocycles. The minimum Gasteiger partial charge on any atom is -0.508 e. The van der Waals surface area contributed by atoms with Crippen LogP contribution < -0.4 is 4.18 Å². The van der Waals surface area contributed by atoms with Crippen LogP contribution >= 0.6 is 0 Å². The SMILES string of the molecule is O=[N+]([O-])OCCCS(=O)(=O)Oc1ccc(O)c(C2c3ccccc3C[C@H]2CO)c1. The zero-order chi connectivity index (χ0) is 21.0. The number of phenolic OH excluding ortho intramolecular Hbond substituents is 1. The molecular weight excluding hydrogens is 402 g/mol. The van der Waals surface area contributed by atoms with Crippen molar-refractivity contribution in [3.63, 3.8) is 0 Å². The van der Waals surface area contributed by atoms with Gasteiger partial charge in [0.15, 0.2) is 0 Å². The Bertz CT molecular complexity index is 991. The fraction of sp³-hybridized carbons (Fsp3) is 0.368. The van der Waals surface area contributed by atoms with Crippen molar-refractivity contribution in [3.8, 4) is 11.5 Å². The molecular formula is C19H21NO8S. The molecule has 0 saturated carbocycles. The molecule has 10 heteroatoms. The van der Waals surface area contributed by atoms with Gasteiger partial charge in [0.1, 0.15) is 11.5 Å². The van der Waals surface area contributed by atoms with Gasteiger partial charge in [-0.25, -0.2) is 0 Å². The second-order valence-electron chi connectivity index (χ2n) is 6.80. The molecule has 0 bridgehead atoms. The van der Waals surface area contributed by atoms with Gasteiger partial charge in [-0.3, -0.25) is 0 Å². The fourth-order valence-electron chi connectivity index (χ4n) is 3.67. The number of aliphatic hydroxyl groups is 1. The largest absolute Gasteiger partial charge is 0.508 e. The van der Waals surface area contributed by atoms with Crippen molar-refractivity contribution in [2.24, 2.45) is 5.92 Å². The lowest BCUT2D eigenvalue weighted by molar-refractivity contribution is -0.757. The van der Waals surface area contributed by atoms with Gasteiger partial charge >= 0.3 is 10.1 Å². The van der Waals surface area contributed by atoms with Crippen LogP contribution in [0.4, 0.5) is 0 Å². The van der Waals surface area contributed by atoms with E-state index in [-0.39, 0.29) is 43.0 Å². The summed E-state index contributed by atoms with van der Waals surface area (Å²) in [5.41, 5.74) is 2.51. The summed E-state index contributed by atoms with van der Waals surface area (Å²) in [4.78, 5) is 14.2. The lowest BCUT2D eigenvalue weighted by Gasteiger charge is -2.21. The van der Waals surface area contributed by atoms with Crippen molar-refractivity contribution in [2.45, 2.75) is 18.8 Å². The summed E-state index contributed by atoms with van der Waals surface area (Å²) in [7, 11) is -4.00. The first-order valence-electron chi connectivity index (χ1n) is 9.02. The summed E-state index contributed by atoms with van der Waals surface area (Å²) in [6.45, 7) is -0.438. The van der Waals surface area contributed by atoms with E-state index in [1.54, 1.807) is 0 Å². The molecule has 2 aromatic carbocycles. The van der Waals surface area contributed by atoms with Gasteiger partial charge in [0.25, 0.3) is 5.09 Å². The molecule has 1 unspecified atom stereocenters. The van der Waals surface area contributed by atoms with E-state index >= 15 is 0 Å². The van der Waals surface area contributed by atoms with Crippen LogP contribution in [0.15, 0.2) is 42.5 Å². The molecule has 2 aromatic rings. The maximum atomic E-state index is 12.1. The molecule has 0 radical (unpaired) electrons. The first-order chi connectivity index (χ1) is 13.8. The Kier molecular flexibility index (Phi) is 6.23. The van der Waals surface area contributed by atoms with Gasteiger partial charge in [0.2, 0.25) is 0 Å². The maximum Gasteiger partial charge on any atom is 0.309 e. The van der Waals surface area contributed by atoms with E-state index in [1.165, 1.54) is 18.2 Å². The summed E-state index contributed by atoms with van der Waals surface area (Å²) < 4.78 is 29.4. The topological polar surface area (TPSA) is 136 Å². The summed E-state index contributed by atoms with van der Waals surface area (Å²) in [6, 6.07) is 11.8. The van der Waals surface area contributed by atoms with Crippen LogP contribution in [-0.4, -0.2) is 42.7 Å². The summed E-state index contributed by atoms with van der Waals surface area (Å²) in [5.74, 6) is -0.897. The fourth-order valence-corrected chi connectivity index (χ4v) is 4.62. The number of benzene rings is 2. The van der Waals surface area contributed by atoms with E-state index in [4.69, 9.17) is 4.18 Å². The monoisotopic (exact) mass is 423 g/mol. The number of nitrogens with zero attached hydrogens (tertiary/aromatic N) is 1. The Hall–Kier alpha value is -2.85. The van der Waals surface area contributed by atoms with Gasteiger partial charge in [-0.15, -0.1) is 10.1 Å². The lowest BCUT2D eigenvalue weighted by Crippen LogP contribution is -2.17. The summed E-state index contributed by atoms with van der Waals surface area (Å²) in [5, 5.41) is 29.3. The highest BCUT2D eigenvalue weighted by Crippen LogP contribution is 2.45. The molecule has 0 aromatic heterocycles. The summed E-state index contributed by atoms with van der Waals surface area (Å²) >= 11 is 0. The molecule has 1 aliphatic carbocycles. The molecule has 0 amide bonds. The van der Waals surface area contributed by atoms with Gasteiger partial charge in [0.05, 0.1) is 12.4 Å². The zero-order valence-corrected chi connectivity index (χ0v) is 16.2. The maximum absolute atomic E-state index is 12.1. The number of aliphatic hydroxyl groups excluding tert-OH is 1. The molecule has 2 atom stereocenters. The molecule has 1 aliphatic rings. The van der Waals surface area contributed by atoms with Crippen LogP contribution in [0.25, 0.3) is 0 Å². The predicted octanol–water partition coefficient (Wildman–Crippen LogP) is 2.00. The second kappa shape index (κ2) is 8.66. The molecule has 0 heterocycles. The smallest absolute Gasteiger partial charge is 0.309 e. The first-order valence-corrected chi connectivity index (χ1v) is 10.6. The third kappa shape index (κ3) is 4.96. The quantitative estimate of drug-likeness (QED) is 0.270. The molecule has 29 heavy (non-hydrogen) atoms. The van der Waals surface area contributed by atoms with Crippen molar-refractivity contribution in [1.82, 2.24) is 0 Å². The highest BCUT2D eigenvalue weighted by atomic mass is 32.2. The van der Waals surface area contributed by atoms with Crippen LogP contribution in [0.3, 0.4) is 0 Å². The Balaban J connectivity index is 1.81. The third-order valence-corrected chi connectivity index (χ3v) is 6.11. The van der Waals surface area contributed by atoms with Gasteiger partial charge in [-0.2, -0.15) is 8.42 Å². The number of hydrogen-bond donors (Lipinski definition) is 2. The van der Waals surface area contributed by atoms with Crippen molar-refractivity contribution >= 4 is 10.1 Å². The molecule has 0 aliphatic heterocycles. The lowest BCUT2D eigenvalue weighted by atomic mass is 9.85. The second-order valence-corrected chi connectivity index (χ2v) is 8.49.